The Morgan fingerprint density at radius 3 is 2.39 bits per heavy atom. The Kier molecular flexibility index (Phi) is 6.31. The van der Waals surface area contributed by atoms with E-state index in [2.05, 4.69) is 20.6 Å². The van der Waals surface area contributed by atoms with Crippen LogP contribution in [0.2, 0.25) is 5.02 Å². The number of hydrogen-bond acceptors (Lipinski definition) is 4. The van der Waals surface area contributed by atoms with Gasteiger partial charge in [0.25, 0.3) is 11.8 Å². The van der Waals surface area contributed by atoms with Crippen LogP contribution in [-0.4, -0.2) is 21.8 Å². The van der Waals surface area contributed by atoms with Crippen molar-refractivity contribution >= 4 is 29.1 Å². The topological polar surface area (TPSA) is 84.0 Å². The van der Waals surface area contributed by atoms with Crippen molar-refractivity contribution in [1.29, 1.82) is 0 Å². The van der Waals surface area contributed by atoms with Crippen LogP contribution in [0, 0.1) is 11.6 Å². The van der Waals surface area contributed by atoms with Gasteiger partial charge in [0.1, 0.15) is 18.0 Å². The van der Waals surface area contributed by atoms with Crippen LogP contribution in [0.4, 0.5) is 27.6 Å². The number of amides is 2. The molecule has 0 saturated heterocycles. The van der Waals surface area contributed by atoms with E-state index >= 15 is 0 Å². The summed E-state index contributed by atoms with van der Waals surface area (Å²) in [5.74, 6) is -3.52. The third-order valence-corrected chi connectivity index (χ3v) is 6.23. The van der Waals surface area contributed by atoms with Gasteiger partial charge in [0, 0.05) is 50.9 Å². The predicted molar refractivity (Wildman–Crippen MR) is 128 cm³/mol. The van der Waals surface area contributed by atoms with E-state index < -0.39 is 46.8 Å². The summed E-state index contributed by atoms with van der Waals surface area (Å²) in [5.41, 5.74) is -0.581. The first kappa shape index (κ1) is 25.3. The summed E-state index contributed by atoms with van der Waals surface area (Å²) in [6.07, 6.45) is -0.690. The molecule has 192 valence electrons. The molecule has 38 heavy (non-hydrogen) atoms. The lowest BCUT2D eigenvalue weighted by Crippen LogP contribution is -2.21. The maximum Gasteiger partial charge on any atom is 0.416 e. The highest BCUT2D eigenvalue weighted by Crippen LogP contribution is 2.42. The number of carbonyl (C=O) groups is 2. The number of anilines is 1. The zero-order valence-electron chi connectivity index (χ0n) is 18.9. The van der Waals surface area contributed by atoms with E-state index in [0.717, 1.165) is 12.1 Å². The average Bonchev–Trinajstić information content (AvgIpc) is 3.21. The third kappa shape index (κ3) is 4.80. The van der Waals surface area contributed by atoms with Gasteiger partial charge in [-0.05, 0) is 54.1 Å². The lowest BCUT2D eigenvalue weighted by atomic mass is 9.93. The van der Waals surface area contributed by atoms with Crippen LogP contribution in [-0.2, 0) is 6.18 Å². The summed E-state index contributed by atoms with van der Waals surface area (Å²) in [4.78, 5) is 33.9. The monoisotopic (exact) mass is 544 g/mol. The van der Waals surface area contributed by atoms with Crippen LogP contribution in [0.3, 0.4) is 0 Å². The highest BCUT2D eigenvalue weighted by atomic mass is 35.5. The van der Waals surface area contributed by atoms with Gasteiger partial charge < -0.3 is 10.6 Å². The molecule has 2 amide bonds. The maximum absolute atomic E-state index is 14.1. The van der Waals surface area contributed by atoms with Gasteiger partial charge >= 0.3 is 6.18 Å². The Hall–Kier alpha value is -4.38. The van der Waals surface area contributed by atoms with E-state index in [1.807, 2.05) is 0 Å². The number of hydrogen-bond donors (Lipinski definition) is 2. The van der Waals surface area contributed by atoms with E-state index in [9.17, 15) is 31.5 Å². The molecule has 5 rings (SSSR count). The van der Waals surface area contributed by atoms with Crippen LogP contribution < -0.4 is 10.6 Å². The summed E-state index contributed by atoms with van der Waals surface area (Å²) >= 11 is 6.28. The fraction of sp³-hybridized carbons (Fsp3) is 0.0769. The number of fused-ring (bicyclic) bond motifs is 1. The fourth-order valence-electron chi connectivity index (χ4n) is 4.20. The smallest absolute Gasteiger partial charge is 0.341 e. The number of nitrogens with zero attached hydrogens (tertiary/aromatic N) is 2. The number of carbonyl (C=O) groups excluding carboxylic acids is 2. The molecule has 0 aliphatic carbocycles. The Balaban J connectivity index is 1.66. The second-order valence-corrected chi connectivity index (χ2v) is 8.77. The largest absolute Gasteiger partial charge is 0.416 e. The van der Waals surface area contributed by atoms with Gasteiger partial charge in [-0.15, -0.1) is 0 Å². The normalized spacial score (nSPS) is 14.7. The van der Waals surface area contributed by atoms with Crippen molar-refractivity contribution in [2.24, 2.45) is 0 Å². The molecule has 4 aromatic rings. The summed E-state index contributed by atoms with van der Waals surface area (Å²) < 4.78 is 67.7. The first-order chi connectivity index (χ1) is 18.0. The molecule has 0 saturated carbocycles. The number of nitrogens with one attached hydrogen (secondary N) is 2. The van der Waals surface area contributed by atoms with E-state index in [0.29, 0.717) is 23.3 Å². The van der Waals surface area contributed by atoms with Crippen molar-refractivity contribution in [3.63, 3.8) is 0 Å². The zero-order valence-corrected chi connectivity index (χ0v) is 19.7. The Morgan fingerprint density at radius 1 is 0.947 bits per heavy atom. The standard InChI is InChI=1S/C26H14ClF5N4O2/c27-20-2-1-16(28)8-18(20)23-22-19(25(38)36-23)5-12(14-9-33-11-34-10-14)6-21(22)35-24(37)13-3-15(26(30,31)32)7-17(29)4-13/h1-11,23H,(H,35,37)(H,36,38)/t23-/m0/s1. The molecule has 0 bridgehead atoms. The Labute approximate surface area is 216 Å². The molecular weight excluding hydrogens is 531 g/mol. The van der Waals surface area contributed by atoms with Crippen LogP contribution >= 0.6 is 11.6 Å². The molecule has 2 heterocycles. The summed E-state index contributed by atoms with van der Waals surface area (Å²) in [7, 11) is 0. The number of benzene rings is 3. The van der Waals surface area contributed by atoms with Gasteiger partial charge in [0.2, 0.25) is 0 Å². The highest BCUT2D eigenvalue weighted by molar-refractivity contribution is 6.31. The predicted octanol–water partition coefficient (Wildman–Crippen LogP) is 6.18. The van der Waals surface area contributed by atoms with Crippen molar-refractivity contribution in [2.75, 3.05) is 5.32 Å². The second kappa shape index (κ2) is 9.49. The zero-order chi connectivity index (χ0) is 27.2. The van der Waals surface area contributed by atoms with E-state index in [-0.39, 0.29) is 33.5 Å². The van der Waals surface area contributed by atoms with Gasteiger partial charge in [-0.3, -0.25) is 9.59 Å². The van der Waals surface area contributed by atoms with Crippen molar-refractivity contribution in [1.82, 2.24) is 15.3 Å². The molecule has 1 aliphatic heterocycles. The average molecular weight is 545 g/mol. The van der Waals surface area contributed by atoms with Crippen molar-refractivity contribution in [3.05, 3.63) is 112 Å². The van der Waals surface area contributed by atoms with Gasteiger partial charge in [0.05, 0.1) is 11.6 Å². The van der Waals surface area contributed by atoms with Crippen LogP contribution in [0.15, 0.2) is 67.3 Å². The van der Waals surface area contributed by atoms with Gasteiger partial charge in [-0.1, -0.05) is 11.6 Å². The second-order valence-electron chi connectivity index (χ2n) is 8.36. The van der Waals surface area contributed by atoms with Crippen molar-refractivity contribution < 1.29 is 31.5 Å². The lowest BCUT2D eigenvalue weighted by molar-refractivity contribution is -0.137. The quantitative estimate of drug-likeness (QED) is 0.301. The highest BCUT2D eigenvalue weighted by Gasteiger charge is 2.36. The molecule has 0 fully saturated rings. The van der Waals surface area contributed by atoms with E-state index in [1.54, 1.807) is 0 Å². The fourth-order valence-corrected chi connectivity index (χ4v) is 4.43. The molecule has 6 nitrogen and oxygen atoms in total. The van der Waals surface area contributed by atoms with Crippen LogP contribution in [0.25, 0.3) is 11.1 Å². The first-order valence-corrected chi connectivity index (χ1v) is 11.3. The minimum atomic E-state index is -4.89. The molecule has 12 heteroatoms. The van der Waals surface area contributed by atoms with E-state index in [1.165, 1.54) is 36.9 Å². The molecule has 1 aliphatic rings. The van der Waals surface area contributed by atoms with Crippen molar-refractivity contribution in [3.8, 4) is 11.1 Å². The number of halogens is 6. The minimum absolute atomic E-state index is 0.00727. The molecule has 0 spiro atoms. The molecular formula is C26H14ClF5N4O2. The molecule has 2 N–H and O–H groups in total. The SMILES string of the molecule is O=C(Nc1cc(-c2cncnc2)cc2c1[C@H](c1cc(F)ccc1Cl)NC2=O)c1cc(F)cc(C(F)(F)F)c1. The van der Waals surface area contributed by atoms with Crippen LogP contribution in [0.1, 0.15) is 43.4 Å². The Morgan fingerprint density at radius 2 is 1.68 bits per heavy atom. The molecule has 0 unspecified atom stereocenters. The van der Waals surface area contributed by atoms with Gasteiger partial charge in [0.15, 0.2) is 0 Å². The van der Waals surface area contributed by atoms with E-state index in [4.69, 9.17) is 11.6 Å². The third-order valence-electron chi connectivity index (χ3n) is 5.89. The summed E-state index contributed by atoms with van der Waals surface area (Å²) in [6.45, 7) is 0. The molecule has 1 aromatic heterocycles. The molecule has 3 aromatic carbocycles. The van der Waals surface area contributed by atoms with Crippen molar-refractivity contribution in [2.45, 2.75) is 12.2 Å². The molecule has 0 radical (unpaired) electrons. The van der Waals surface area contributed by atoms with Gasteiger partial charge in [-0.2, -0.15) is 13.2 Å². The first-order valence-electron chi connectivity index (χ1n) is 10.9. The molecule has 1 atom stereocenters. The number of rotatable bonds is 4. The maximum atomic E-state index is 14.1. The number of alkyl halides is 3. The van der Waals surface area contributed by atoms with Gasteiger partial charge in [-0.25, -0.2) is 18.7 Å². The lowest BCUT2D eigenvalue weighted by Gasteiger charge is -2.19. The number of aromatic nitrogens is 2. The van der Waals surface area contributed by atoms with Crippen LogP contribution in [0.5, 0.6) is 0 Å². The summed E-state index contributed by atoms with van der Waals surface area (Å²) in [5, 5.41) is 5.31. The summed E-state index contributed by atoms with van der Waals surface area (Å²) in [6, 6.07) is 6.96. The minimum Gasteiger partial charge on any atom is -0.341 e. The Bertz CT molecular complexity index is 1600.